The van der Waals surface area contributed by atoms with Crippen LogP contribution in [0.5, 0.6) is 0 Å². The molecule has 2 unspecified atom stereocenters. The van der Waals surface area contributed by atoms with Crippen LogP contribution >= 0.6 is 0 Å². The SMILES string of the molecule is CCCCCC(O[Si](C)(C)C(C)(C)C)c1ccc([C@@H]2C(C/C=C\CCCC(=O)OC)[C@H](F)C[C@H]2O[Si](C)(C)C(C)(C)C)cc1. The number of ether oxygens (including phenoxy) is 1. The monoisotopic (exact) mass is 648 g/mol. The quantitative estimate of drug-likeness (QED) is 0.0774. The second kappa shape index (κ2) is 16.5. The lowest BCUT2D eigenvalue weighted by Gasteiger charge is -2.40. The van der Waals surface area contributed by atoms with E-state index < -0.39 is 22.8 Å². The Morgan fingerprint density at radius 3 is 2.11 bits per heavy atom. The maximum Gasteiger partial charge on any atom is 0.305 e. The summed E-state index contributed by atoms with van der Waals surface area (Å²) in [6.07, 6.45) is 10.8. The summed E-state index contributed by atoms with van der Waals surface area (Å²) in [5, 5.41) is 0.196. The minimum atomic E-state index is -2.10. The third-order valence-electron chi connectivity index (χ3n) is 10.6. The number of hydrogen-bond acceptors (Lipinski definition) is 4. The van der Waals surface area contributed by atoms with E-state index in [4.69, 9.17) is 13.6 Å². The first-order valence-electron chi connectivity index (χ1n) is 17.2. The Bertz CT molecular complexity index is 1040. The largest absolute Gasteiger partial charge is 0.469 e. The van der Waals surface area contributed by atoms with Crippen molar-refractivity contribution in [2.24, 2.45) is 5.92 Å². The van der Waals surface area contributed by atoms with Gasteiger partial charge in [0.15, 0.2) is 16.6 Å². The zero-order valence-corrected chi connectivity index (χ0v) is 32.2. The first-order valence-corrected chi connectivity index (χ1v) is 23.0. The van der Waals surface area contributed by atoms with Gasteiger partial charge in [-0.1, -0.05) is 104 Å². The van der Waals surface area contributed by atoms with E-state index in [0.717, 1.165) is 25.7 Å². The summed E-state index contributed by atoms with van der Waals surface area (Å²) in [5.41, 5.74) is 2.40. The molecule has 0 radical (unpaired) electrons. The molecule has 0 aromatic heterocycles. The number of methoxy groups -OCH3 is 1. The van der Waals surface area contributed by atoms with E-state index in [0.29, 0.717) is 19.3 Å². The van der Waals surface area contributed by atoms with Crippen LogP contribution in [0.2, 0.25) is 36.3 Å². The molecule has 4 nitrogen and oxygen atoms in total. The average Bonchev–Trinajstić information content (AvgIpc) is 3.22. The number of allylic oxidation sites excluding steroid dienone is 2. The van der Waals surface area contributed by atoms with Crippen LogP contribution in [0.25, 0.3) is 0 Å². The minimum Gasteiger partial charge on any atom is -0.469 e. The zero-order chi connectivity index (χ0) is 33.3. The van der Waals surface area contributed by atoms with Crippen LogP contribution in [0.4, 0.5) is 4.39 Å². The number of esters is 1. The Labute approximate surface area is 272 Å². The fourth-order valence-electron chi connectivity index (χ4n) is 5.65. The molecule has 1 aliphatic rings. The predicted octanol–water partition coefficient (Wildman–Crippen LogP) is 11.5. The summed E-state index contributed by atoms with van der Waals surface area (Å²) >= 11 is 0. The van der Waals surface area contributed by atoms with Gasteiger partial charge in [-0.3, -0.25) is 4.79 Å². The summed E-state index contributed by atoms with van der Waals surface area (Å²) in [4.78, 5) is 11.4. The lowest BCUT2D eigenvalue weighted by Crippen LogP contribution is -2.44. The third kappa shape index (κ3) is 10.9. The summed E-state index contributed by atoms with van der Waals surface area (Å²) in [6.45, 7) is 25.1. The smallest absolute Gasteiger partial charge is 0.305 e. The third-order valence-corrected chi connectivity index (χ3v) is 19.6. The van der Waals surface area contributed by atoms with Gasteiger partial charge < -0.3 is 13.6 Å². The fraction of sp³-hybridized carbons (Fsp3) is 0.757. The van der Waals surface area contributed by atoms with Gasteiger partial charge >= 0.3 is 5.97 Å². The molecule has 1 fully saturated rings. The molecule has 2 rings (SSSR count). The highest BCUT2D eigenvalue weighted by molar-refractivity contribution is 6.74. The van der Waals surface area contributed by atoms with Crippen molar-refractivity contribution in [3.05, 3.63) is 47.5 Å². The Hall–Kier alpha value is -1.29. The van der Waals surface area contributed by atoms with E-state index >= 15 is 4.39 Å². The normalized spacial score (nSPS) is 22.5. The van der Waals surface area contributed by atoms with E-state index in [2.05, 4.69) is 111 Å². The number of unbranched alkanes of at least 4 members (excludes halogenated alkanes) is 3. The highest BCUT2D eigenvalue weighted by Gasteiger charge is 2.49. The van der Waals surface area contributed by atoms with Crippen molar-refractivity contribution < 1.29 is 22.8 Å². The topological polar surface area (TPSA) is 44.8 Å². The average molecular weight is 649 g/mol. The van der Waals surface area contributed by atoms with Crippen molar-refractivity contribution >= 4 is 22.6 Å². The van der Waals surface area contributed by atoms with E-state index in [1.54, 1.807) is 0 Å². The second-order valence-corrected chi connectivity index (χ2v) is 25.6. The molecule has 1 aliphatic carbocycles. The van der Waals surface area contributed by atoms with Crippen molar-refractivity contribution in [1.82, 2.24) is 0 Å². The van der Waals surface area contributed by atoms with Gasteiger partial charge in [-0.15, -0.1) is 0 Å². The van der Waals surface area contributed by atoms with Crippen LogP contribution in [0.1, 0.15) is 129 Å². The minimum absolute atomic E-state index is 0.00672. The number of alkyl halides is 1. The van der Waals surface area contributed by atoms with E-state index in [1.807, 2.05) is 0 Å². The second-order valence-electron chi connectivity index (χ2n) is 16.1. The van der Waals surface area contributed by atoms with Crippen molar-refractivity contribution in [2.75, 3.05) is 7.11 Å². The molecule has 1 aromatic carbocycles. The highest BCUT2D eigenvalue weighted by Crippen LogP contribution is 2.49. The summed E-state index contributed by atoms with van der Waals surface area (Å²) in [7, 11) is -2.64. The Morgan fingerprint density at radius 1 is 0.955 bits per heavy atom. The van der Waals surface area contributed by atoms with Gasteiger partial charge in [0, 0.05) is 24.7 Å². The van der Waals surface area contributed by atoms with Gasteiger partial charge in [-0.05, 0) is 73.1 Å². The maximum absolute atomic E-state index is 15.9. The van der Waals surface area contributed by atoms with Crippen LogP contribution in [0, 0.1) is 5.92 Å². The number of halogens is 1. The Kier molecular flexibility index (Phi) is 14.6. The van der Waals surface area contributed by atoms with Gasteiger partial charge in [-0.25, -0.2) is 4.39 Å². The number of carbonyl (C=O) groups is 1. The predicted molar refractivity (Wildman–Crippen MR) is 189 cm³/mol. The number of rotatable bonds is 16. The van der Waals surface area contributed by atoms with Gasteiger partial charge in [0.1, 0.15) is 6.17 Å². The Morgan fingerprint density at radius 2 is 1.57 bits per heavy atom. The highest BCUT2D eigenvalue weighted by atomic mass is 28.4. The van der Waals surface area contributed by atoms with Crippen molar-refractivity contribution in [3.8, 4) is 0 Å². The molecule has 1 aromatic rings. The molecule has 7 heteroatoms. The number of hydrogen-bond donors (Lipinski definition) is 0. The summed E-state index contributed by atoms with van der Waals surface area (Å²) in [6, 6.07) is 8.95. The molecule has 0 saturated heterocycles. The number of benzene rings is 1. The van der Waals surface area contributed by atoms with Gasteiger partial charge in [0.05, 0.1) is 19.3 Å². The molecule has 0 heterocycles. The molecule has 5 atom stereocenters. The van der Waals surface area contributed by atoms with Crippen LogP contribution in [-0.2, 0) is 18.4 Å². The van der Waals surface area contributed by atoms with Crippen LogP contribution < -0.4 is 0 Å². The van der Waals surface area contributed by atoms with Crippen LogP contribution in [0.3, 0.4) is 0 Å². The molecule has 1 saturated carbocycles. The van der Waals surface area contributed by atoms with Gasteiger partial charge in [0.25, 0.3) is 0 Å². The molecule has 44 heavy (non-hydrogen) atoms. The van der Waals surface area contributed by atoms with Gasteiger partial charge in [-0.2, -0.15) is 0 Å². The lowest BCUT2D eigenvalue weighted by atomic mass is 9.84. The standard InChI is InChI=1S/C37H65FO4Si2/c1-13-14-17-21-32(41-43(9,10)36(2,3)4)28-23-25-29(26-24-28)35-30(20-18-15-16-19-22-34(39)40-8)31(38)27-33(35)42-44(11,12)37(5,6)7/h15,18,23-26,30-33,35H,13-14,16-17,19-22,27H2,1-12H3/b18-15-/t30?,31-,32?,33-,35-/m1/s1. The molecule has 252 valence electrons. The molecule has 0 amide bonds. The van der Waals surface area contributed by atoms with E-state index in [1.165, 1.54) is 31.1 Å². The van der Waals surface area contributed by atoms with Crippen molar-refractivity contribution in [1.29, 1.82) is 0 Å². The molecule has 0 aliphatic heterocycles. The maximum atomic E-state index is 15.9. The first-order chi connectivity index (χ1) is 20.3. The Balaban J connectivity index is 2.37. The molecule has 0 spiro atoms. The van der Waals surface area contributed by atoms with Gasteiger partial charge in [0.2, 0.25) is 0 Å². The number of carbonyl (C=O) groups excluding carboxylic acids is 1. The first kappa shape index (κ1) is 38.9. The molecular weight excluding hydrogens is 584 g/mol. The van der Waals surface area contributed by atoms with Crippen molar-refractivity contribution in [3.63, 3.8) is 0 Å². The summed E-state index contributed by atoms with van der Waals surface area (Å²) < 4.78 is 34.6. The van der Waals surface area contributed by atoms with Crippen LogP contribution in [-0.4, -0.2) is 42.0 Å². The lowest BCUT2D eigenvalue weighted by molar-refractivity contribution is -0.140. The fourth-order valence-corrected chi connectivity index (χ4v) is 8.32. The van der Waals surface area contributed by atoms with Crippen molar-refractivity contribution in [2.45, 2.75) is 167 Å². The summed E-state index contributed by atoms with van der Waals surface area (Å²) in [5.74, 6) is -0.335. The molecular formula is C37H65FO4Si2. The zero-order valence-electron chi connectivity index (χ0n) is 30.2. The molecule has 0 N–H and O–H groups in total. The molecule has 0 bridgehead atoms. The van der Waals surface area contributed by atoms with Crippen LogP contribution in [0.15, 0.2) is 36.4 Å². The van der Waals surface area contributed by atoms with E-state index in [9.17, 15) is 4.79 Å². The van der Waals surface area contributed by atoms with E-state index in [-0.39, 0.29) is 40.1 Å².